The summed E-state index contributed by atoms with van der Waals surface area (Å²) < 4.78 is 0. The summed E-state index contributed by atoms with van der Waals surface area (Å²) in [4.78, 5) is 0. The summed E-state index contributed by atoms with van der Waals surface area (Å²) in [7, 11) is 0. The molecule has 1 atom stereocenters. The van der Waals surface area contributed by atoms with E-state index in [-0.39, 0.29) is 5.54 Å². The van der Waals surface area contributed by atoms with Gasteiger partial charge in [0.25, 0.3) is 0 Å². The molecule has 1 rings (SSSR count). The van der Waals surface area contributed by atoms with Gasteiger partial charge in [-0.1, -0.05) is 51.1 Å². The smallest absolute Gasteiger partial charge is 0.0132 e. The first-order valence-corrected chi connectivity index (χ1v) is 7.00. The van der Waals surface area contributed by atoms with Gasteiger partial charge in [-0.25, -0.2) is 0 Å². The maximum Gasteiger partial charge on any atom is 0.0132 e. The van der Waals surface area contributed by atoms with Gasteiger partial charge < -0.3 is 5.32 Å². The standard InChI is InChI=1S/C17H29N/c1-14(12-15-10-8-7-9-11-15)18-17(5,6)13-16(2,3)4/h7-11,14,18H,12-13H2,1-6H3. The fraction of sp³-hybridized carbons (Fsp3) is 0.647. The second kappa shape index (κ2) is 5.88. The van der Waals surface area contributed by atoms with Gasteiger partial charge in [0.1, 0.15) is 0 Å². The van der Waals surface area contributed by atoms with Crippen LogP contribution < -0.4 is 5.32 Å². The molecule has 0 aromatic heterocycles. The van der Waals surface area contributed by atoms with E-state index < -0.39 is 0 Å². The molecule has 0 aliphatic carbocycles. The topological polar surface area (TPSA) is 12.0 Å². The van der Waals surface area contributed by atoms with Crippen LogP contribution in [-0.4, -0.2) is 11.6 Å². The van der Waals surface area contributed by atoms with Crippen LogP contribution in [-0.2, 0) is 6.42 Å². The minimum absolute atomic E-state index is 0.187. The van der Waals surface area contributed by atoms with Gasteiger partial charge >= 0.3 is 0 Å². The Morgan fingerprint density at radius 2 is 1.56 bits per heavy atom. The highest BCUT2D eigenvalue weighted by molar-refractivity contribution is 5.15. The van der Waals surface area contributed by atoms with Gasteiger partial charge in [-0.2, -0.15) is 0 Å². The Bertz CT molecular complexity index is 346. The molecular weight excluding hydrogens is 218 g/mol. The largest absolute Gasteiger partial charge is 0.309 e. The van der Waals surface area contributed by atoms with E-state index >= 15 is 0 Å². The Morgan fingerprint density at radius 1 is 1.00 bits per heavy atom. The van der Waals surface area contributed by atoms with Crippen LogP contribution in [0.4, 0.5) is 0 Å². The lowest BCUT2D eigenvalue weighted by molar-refractivity contribution is 0.226. The van der Waals surface area contributed by atoms with E-state index in [1.165, 1.54) is 12.0 Å². The number of hydrogen-bond acceptors (Lipinski definition) is 1. The van der Waals surface area contributed by atoms with Crippen LogP contribution >= 0.6 is 0 Å². The molecule has 0 radical (unpaired) electrons. The van der Waals surface area contributed by atoms with E-state index in [1.807, 2.05) is 0 Å². The van der Waals surface area contributed by atoms with Crippen LogP contribution in [0.25, 0.3) is 0 Å². The Morgan fingerprint density at radius 3 is 2.06 bits per heavy atom. The van der Waals surface area contributed by atoms with Crippen molar-refractivity contribution in [3.05, 3.63) is 35.9 Å². The molecule has 0 amide bonds. The highest BCUT2D eigenvalue weighted by Gasteiger charge is 2.26. The lowest BCUT2D eigenvalue weighted by atomic mass is 9.81. The van der Waals surface area contributed by atoms with Crippen molar-refractivity contribution in [2.45, 2.75) is 66.0 Å². The van der Waals surface area contributed by atoms with Crippen molar-refractivity contribution >= 4 is 0 Å². The predicted octanol–water partition coefficient (Wildman–Crippen LogP) is 4.42. The summed E-state index contributed by atoms with van der Waals surface area (Å²) in [6, 6.07) is 11.2. The lowest BCUT2D eigenvalue weighted by Gasteiger charge is -2.36. The fourth-order valence-electron chi connectivity index (χ4n) is 3.06. The monoisotopic (exact) mass is 247 g/mol. The molecule has 1 nitrogen and oxygen atoms in total. The van der Waals surface area contributed by atoms with E-state index in [0.29, 0.717) is 11.5 Å². The molecule has 0 heterocycles. The molecule has 1 N–H and O–H groups in total. The van der Waals surface area contributed by atoms with E-state index in [2.05, 4.69) is 77.2 Å². The quantitative estimate of drug-likeness (QED) is 0.812. The summed E-state index contributed by atoms with van der Waals surface area (Å²) in [5.41, 5.74) is 1.96. The van der Waals surface area contributed by atoms with Crippen LogP contribution in [0.15, 0.2) is 30.3 Å². The zero-order valence-electron chi connectivity index (χ0n) is 12.9. The Balaban J connectivity index is 2.51. The summed E-state index contributed by atoms with van der Waals surface area (Å²) in [6.45, 7) is 13.8. The molecule has 1 aromatic carbocycles. The van der Waals surface area contributed by atoms with E-state index in [4.69, 9.17) is 0 Å². The Hall–Kier alpha value is -0.820. The first kappa shape index (κ1) is 15.2. The minimum atomic E-state index is 0.187. The van der Waals surface area contributed by atoms with Gasteiger partial charge in [0, 0.05) is 11.6 Å². The van der Waals surface area contributed by atoms with Crippen molar-refractivity contribution in [3.63, 3.8) is 0 Å². The van der Waals surface area contributed by atoms with E-state index in [9.17, 15) is 0 Å². The van der Waals surface area contributed by atoms with E-state index in [1.54, 1.807) is 0 Å². The van der Waals surface area contributed by atoms with Crippen LogP contribution in [0.3, 0.4) is 0 Å². The van der Waals surface area contributed by atoms with Gasteiger partial charge in [-0.05, 0) is 44.6 Å². The molecule has 1 unspecified atom stereocenters. The second-order valence-corrected chi connectivity index (χ2v) is 7.36. The first-order chi connectivity index (χ1) is 8.18. The maximum absolute atomic E-state index is 3.76. The number of benzene rings is 1. The third-order valence-electron chi connectivity index (χ3n) is 2.99. The zero-order valence-corrected chi connectivity index (χ0v) is 12.9. The lowest BCUT2D eigenvalue weighted by Crippen LogP contribution is -2.47. The predicted molar refractivity (Wildman–Crippen MR) is 80.9 cm³/mol. The molecule has 1 heteroatoms. The van der Waals surface area contributed by atoms with Crippen LogP contribution in [0, 0.1) is 5.41 Å². The minimum Gasteiger partial charge on any atom is -0.309 e. The molecule has 0 bridgehead atoms. The number of nitrogens with one attached hydrogen (secondary N) is 1. The van der Waals surface area contributed by atoms with Crippen molar-refractivity contribution in [2.24, 2.45) is 5.41 Å². The normalized spacial score (nSPS) is 14.6. The molecule has 0 aliphatic heterocycles. The van der Waals surface area contributed by atoms with Gasteiger partial charge in [-0.15, -0.1) is 0 Å². The molecule has 0 spiro atoms. The number of rotatable bonds is 5. The molecule has 0 aliphatic rings. The highest BCUT2D eigenvalue weighted by atomic mass is 15.0. The van der Waals surface area contributed by atoms with Crippen LogP contribution in [0.2, 0.25) is 0 Å². The van der Waals surface area contributed by atoms with Gasteiger partial charge in [0.15, 0.2) is 0 Å². The van der Waals surface area contributed by atoms with E-state index in [0.717, 1.165) is 6.42 Å². The molecule has 0 fully saturated rings. The third kappa shape index (κ3) is 6.20. The summed E-state index contributed by atoms with van der Waals surface area (Å²) >= 11 is 0. The van der Waals surface area contributed by atoms with Crippen LogP contribution in [0.5, 0.6) is 0 Å². The highest BCUT2D eigenvalue weighted by Crippen LogP contribution is 2.27. The van der Waals surface area contributed by atoms with Crippen molar-refractivity contribution < 1.29 is 0 Å². The SMILES string of the molecule is CC(Cc1ccccc1)NC(C)(C)CC(C)(C)C. The van der Waals surface area contributed by atoms with Gasteiger partial charge in [0.2, 0.25) is 0 Å². The average molecular weight is 247 g/mol. The van der Waals surface area contributed by atoms with Crippen molar-refractivity contribution in [2.75, 3.05) is 0 Å². The summed E-state index contributed by atoms with van der Waals surface area (Å²) in [5, 5.41) is 3.76. The van der Waals surface area contributed by atoms with Crippen molar-refractivity contribution in [1.82, 2.24) is 5.32 Å². The Labute approximate surface area is 113 Å². The average Bonchev–Trinajstić information content (AvgIpc) is 2.13. The first-order valence-electron chi connectivity index (χ1n) is 7.00. The number of hydrogen-bond donors (Lipinski definition) is 1. The molecule has 102 valence electrons. The summed E-state index contributed by atoms with van der Waals surface area (Å²) in [5.74, 6) is 0. The van der Waals surface area contributed by atoms with Gasteiger partial charge in [-0.3, -0.25) is 0 Å². The van der Waals surface area contributed by atoms with Crippen molar-refractivity contribution in [1.29, 1.82) is 0 Å². The summed E-state index contributed by atoms with van der Waals surface area (Å²) in [6.07, 6.45) is 2.27. The molecular formula is C17H29N. The Kier molecular flexibility index (Phi) is 4.98. The molecule has 18 heavy (non-hydrogen) atoms. The second-order valence-electron chi connectivity index (χ2n) is 7.36. The van der Waals surface area contributed by atoms with Gasteiger partial charge in [0.05, 0.1) is 0 Å². The molecule has 1 aromatic rings. The van der Waals surface area contributed by atoms with Crippen molar-refractivity contribution in [3.8, 4) is 0 Å². The molecule has 0 saturated heterocycles. The fourth-order valence-corrected chi connectivity index (χ4v) is 3.06. The zero-order chi connectivity index (χ0) is 13.8. The third-order valence-corrected chi connectivity index (χ3v) is 2.99. The molecule has 0 saturated carbocycles. The van der Waals surface area contributed by atoms with Crippen LogP contribution in [0.1, 0.15) is 53.5 Å². The maximum atomic E-state index is 3.76.